The highest BCUT2D eigenvalue weighted by molar-refractivity contribution is 5.81. The molecule has 0 spiro atoms. The molecule has 0 unspecified atom stereocenters. The van der Waals surface area contributed by atoms with Crippen molar-refractivity contribution >= 4 is 18.0 Å². The summed E-state index contributed by atoms with van der Waals surface area (Å²) in [6, 6.07) is 9.93. The van der Waals surface area contributed by atoms with Crippen LogP contribution in [-0.4, -0.2) is 56.7 Å². The number of likely N-dealkylation sites (tertiary alicyclic amines) is 1. The lowest BCUT2D eigenvalue weighted by atomic mass is 9.76. The van der Waals surface area contributed by atoms with Gasteiger partial charge in [0.15, 0.2) is 0 Å². The van der Waals surface area contributed by atoms with Gasteiger partial charge in [0.05, 0.1) is 12.0 Å². The van der Waals surface area contributed by atoms with Crippen molar-refractivity contribution in [3.8, 4) is 0 Å². The van der Waals surface area contributed by atoms with Gasteiger partial charge in [0.2, 0.25) is 5.91 Å². The number of benzene rings is 1. The molecule has 28 heavy (non-hydrogen) atoms. The molecule has 1 amide bonds. The number of piperidine rings is 1. The molecule has 3 rings (SSSR count). The summed E-state index contributed by atoms with van der Waals surface area (Å²) in [7, 11) is 0. The van der Waals surface area contributed by atoms with Crippen LogP contribution in [0.15, 0.2) is 42.7 Å². The number of hydrogen-bond acceptors (Lipinski definition) is 6. The highest BCUT2D eigenvalue weighted by atomic mass is 16.5. The SMILES string of the molecule is CCOC(=O)[C@@]1(C/C=C/c2ccccc2)CCCN(C(=O)Cn2cnnn2)C1. The van der Waals surface area contributed by atoms with E-state index in [4.69, 9.17) is 4.74 Å². The molecule has 1 fully saturated rings. The molecule has 0 radical (unpaired) electrons. The normalized spacial score (nSPS) is 19.7. The van der Waals surface area contributed by atoms with Crippen LogP contribution in [0.25, 0.3) is 6.08 Å². The fourth-order valence-electron chi connectivity index (χ4n) is 3.52. The number of ether oxygens (including phenoxy) is 1. The molecule has 8 nitrogen and oxygen atoms in total. The molecule has 148 valence electrons. The van der Waals surface area contributed by atoms with Crippen molar-refractivity contribution in [2.75, 3.05) is 19.7 Å². The number of amides is 1. The first-order valence-electron chi connectivity index (χ1n) is 9.50. The summed E-state index contributed by atoms with van der Waals surface area (Å²) in [5.74, 6) is -0.347. The van der Waals surface area contributed by atoms with Crippen LogP contribution in [-0.2, 0) is 20.9 Å². The predicted molar refractivity (Wildman–Crippen MR) is 103 cm³/mol. The number of nitrogens with zero attached hydrogens (tertiary/aromatic N) is 5. The number of aromatic nitrogens is 4. The largest absolute Gasteiger partial charge is 0.466 e. The molecule has 0 bridgehead atoms. The Morgan fingerprint density at radius 3 is 2.82 bits per heavy atom. The Morgan fingerprint density at radius 1 is 1.29 bits per heavy atom. The summed E-state index contributed by atoms with van der Waals surface area (Å²) < 4.78 is 6.76. The molecule has 2 heterocycles. The van der Waals surface area contributed by atoms with E-state index < -0.39 is 5.41 Å². The minimum atomic E-state index is -0.726. The minimum Gasteiger partial charge on any atom is -0.466 e. The summed E-state index contributed by atoms with van der Waals surface area (Å²) in [5.41, 5.74) is 0.347. The highest BCUT2D eigenvalue weighted by Gasteiger charge is 2.43. The lowest BCUT2D eigenvalue weighted by molar-refractivity contribution is -0.160. The Bertz CT molecular complexity index is 807. The number of tetrazole rings is 1. The molecule has 1 atom stereocenters. The van der Waals surface area contributed by atoms with Crippen molar-refractivity contribution < 1.29 is 14.3 Å². The molecular formula is C20H25N5O3. The van der Waals surface area contributed by atoms with E-state index in [9.17, 15) is 9.59 Å². The standard InChI is InChI=1S/C20H25N5O3/c1-2-28-19(27)20(11-6-10-17-8-4-3-5-9-17)12-7-13-24(15-20)18(26)14-25-16-21-22-23-25/h3-6,8-10,16H,2,7,11-15H2,1H3/b10-6+/t20-/m0/s1. The van der Waals surface area contributed by atoms with Crippen LogP contribution in [0.4, 0.5) is 0 Å². The average Bonchev–Trinajstić information content (AvgIpc) is 3.22. The second-order valence-corrected chi connectivity index (χ2v) is 6.94. The van der Waals surface area contributed by atoms with Gasteiger partial charge in [0.25, 0.3) is 0 Å². The van der Waals surface area contributed by atoms with E-state index in [0.29, 0.717) is 32.5 Å². The van der Waals surface area contributed by atoms with E-state index in [1.54, 1.807) is 11.8 Å². The molecule has 0 aliphatic carbocycles. The second-order valence-electron chi connectivity index (χ2n) is 6.94. The summed E-state index contributed by atoms with van der Waals surface area (Å²) in [4.78, 5) is 27.2. The van der Waals surface area contributed by atoms with Crippen LogP contribution in [0.1, 0.15) is 31.7 Å². The number of carbonyl (C=O) groups is 2. The Labute approximate surface area is 164 Å². The van der Waals surface area contributed by atoms with E-state index in [1.807, 2.05) is 42.5 Å². The monoisotopic (exact) mass is 383 g/mol. The molecule has 1 aromatic heterocycles. The topological polar surface area (TPSA) is 90.2 Å². The van der Waals surface area contributed by atoms with Crippen molar-refractivity contribution in [2.24, 2.45) is 5.41 Å². The smallest absolute Gasteiger partial charge is 0.314 e. The Kier molecular flexibility index (Phi) is 6.52. The number of hydrogen-bond donors (Lipinski definition) is 0. The van der Waals surface area contributed by atoms with E-state index in [0.717, 1.165) is 12.0 Å². The van der Waals surface area contributed by atoms with Crippen LogP contribution in [0.3, 0.4) is 0 Å². The van der Waals surface area contributed by atoms with E-state index in [2.05, 4.69) is 15.5 Å². The van der Waals surface area contributed by atoms with Crippen molar-refractivity contribution in [3.63, 3.8) is 0 Å². The van der Waals surface area contributed by atoms with Crippen molar-refractivity contribution in [1.29, 1.82) is 0 Å². The van der Waals surface area contributed by atoms with Gasteiger partial charge in [-0.05, 0) is 42.2 Å². The first-order valence-corrected chi connectivity index (χ1v) is 9.50. The van der Waals surface area contributed by atoms with Crippen LogP contribution in [0.2, 0.25) is 0 Å². The van der Waals surface area contributed by atoms with Crippen LogP contribution >= 0.6 is 0 Å². The zero-order valence-electron chi connectivity index (χ0n) is 16.0. The first-order chi connectivity index (χ1) is 13.6. The average molecular weight is 383 g/mol. The number of esters is 1. The quantitative estimate of drug-likeness (QED) is 0.679. The third kappa shape index (κ3) is 4.82. The van der Waals surface area contributed by atoms with Gasteiger partial charge in [-0.15, -0.1) is 5.10 Å². The Hall–Kier alpha value is -3.03. The zero-order chi connectivity index (χ0) is 19.8. The van der Waals surface area contributed by atoms with Gasteiger partial charge in [0, 0.05) is 13.1 Å². The van der Waals surface area contributed by atoms with Crippen LogP contribution in [0.5, 0.6) is 0 Å². The maximum absolute atomic E-state index is 12.8. The predicted octanol–water partition coefficient (Wildman–Crippen LogP) is 1.95. The molecule has 1 aliphatic rings. The Morgan fingerprint density at radius 2 is 2.11 bits per heavy atom. The molecule has 0 N–H and O–H groups in total. The third-order valence-electron chi connectivity index (χ3n) is 4.95. The fraction of sp³-hybridized carbons (Fsp3) is 0.450. The number of carbonyl (C=O) groups excluding carboxylic acids is 2. The summed E-state index contributed by atoms with van der Waals surface area (Å²) in [6.07, 6.45) is 7.38. The Balaban J connectivity index is 1.73. The highest BCUT2D eigenvalue weighted by Crippen LogP contribution is 2.36. The van der Waals surface area contributed by atoms with Crippen molar-refractivity contribution in [3.05, 3.63) is 48.3 Å². The van der Waals surface area contributed by atoms with Gasteiger partial charge in [0.1, 0.15) is 12.9 Å². The minimum absolute atomic E-state index is 0.0613. The third-order valence-corrected chi connectivity index (χ3v) is 4.95. The van der Waals surface area contributed by atoms with Gasteiger partial charge in [-0.2, -0.15) is 0 Å². The van der Waals surface area contributed by atoms with Gasteiger partial charge < -0.3 is 9.64 Å². The fourth-order valence-corrected chi connectivity index (χ4v) is 3.52. The maximum Gasteiger partial charge on any atom is 0.314 e. The number of rotatable bonds is 7. The van der Waals surface area contributed by atoms with Gasteiger partial charge in [-0.1, -0.05) is 42.5 Å². The first kappa shape index (κ1) is 19.7. The maximum atomic E-state index is 12.8. The molecule has 1 aliphatic heterocycles. The molecule has 1 aromatic carbocycles. The van der Waals surface area contributed by atoms with Crippen molar-refractivity contribution in [2.45, 2.75) is 32.7 Å². The summed E-state index contributed by atoms with van der Waals surface area (Å²) in [5, 5.41) is 10.8. The van der Waals surface area contributed by atoms with Gasteiger partial charge in [-0.25, -0.2) is 4.68 Å². The second kappa shape index (κ2) is 9.25. The van der Waals surface area contributed by atoms with E-state index in [1.165, 1.54) is 11.0 Å². The van der Waals surface area contributed by atoms with E-state index in [-0.39, 0.29) is 18.4 Å². The molecule has 8 heteroatoms. The van der Waals surface area contributed by atoms with Gasteiger partial charge >= 0.3 is 5.97 Å². The zero-order valence-corrected chi connectivity index (χ0v) is 16.0. The molecule has 2 aromatic rings. The van der Waals surface area contributed by atoms with E-state index >= 15 is 0 Å². The molecule has 0 saturated carbocycles. The van der Waals surface area contributed by atoms with Crippen molar-refractivity contribution in [1.82, 2.24) is 25.1 Å². The summed E-state index contributed by atoms with van der Waals surface area (Å²) in [6.45, 7) is 3.14. The van der Waals surface area contributed by atoms with Crippen LogP contribution < -0.4 is 0 Å². The summed E-state index contributed by atoms with van der Waals surface area (Å²) >= 11 is 0. The molecular weight excluding hydrogens is 358 g/mol. The lowest BCUT2D eigenvalue weighted by Crippen LogP contribution is -2.51. The number of allylic oxidation sites excluding steroid dienone is 1. The van der Waals surface area contributed by atoms with Gasteiger partial charge in [-0.3, -0.25) is 9.59 Å². The lowest BCUT2D eigenvalue weighted by Gasteiger charge is -2.40. The van der Waals surface area contributed by atoms with Crippen LogP contribution in [0, 0.1) is 5.41 Å². The molecule has 1 saturated heterocycles.